The summed E-state index contributed by atoms with van der Waals surface area (Å²) in [4.78, 5) is 6.80. The summed E-state index contributed by atoms with van der Waals surface area (Å²) in [5.74, 6) is 0.647. The van der Waals surface area contributed by atoms with Crippen LogP contribution in [0.15, 0.2) is 27.8 Å². The molecule has 0 aliphatic carbocycles. The van der Waals surface area contributed by atoms with Gasteiger partial charge in [-0.3, -0.25) is 4.72 Å². The van der Waals surface area contributed by atoms with Gasteiger partial charge < -0.3 is 4.98 Å². The first-order valence-corrected chi connectivity index (χ1v) is 8.44. The van der Waals surface area contributed by atoms with Crippen LogP contribution >= 0.6 is 15.9 Å². The normalized spacial score (nSPS) is 11.6. The van der Waals surface area contributed by atoms with Crippen molar-refractivity contribution in [2.45, 2.75) is 32.2 Å². The van der Waals surface area contributed by atoms with Crippen molar-refractivity contribution in [3.63, 3.8) is 0 Å². The lowest BCUT2D eigenvalue weighted by molar-refractivity contribution is 0.598. The van der Waals surface area contributed by atoms with Gasteiger partial charge in [-0.15, -0.1) is 0 Å². The Morgan fingerprint density at radius 3 is 2.40 bits per heavy atom. The molecule has 2 rings (SSSR count). The Bertz CT molecular complexity index is 715. The van der Waals surface area contributed by atoms with Crippen molar-refractivity contribution in [3.8, 4) is 0 Å². The summed E-state index contributed by atoms with van der Waals surface area (Å²) < 4.78 is 28.0. The number of benzene rings is 1. The lowest BCUT2D eigenvalue weighted by Gasteiger charge is -2.10. The Morgan fingerprint density at radius 1 is 1.30 bits per heavy atom. The number of imidazole rings is 1. The van der Waals surface area contributed by atoms with E-state index >= 15 is 0 Å². The van der Waals surface area contributed by atoms with Gasteiger partial charge in [0.05, 0.1) is 6.20 Å². The summed E-state index contributed by atoms with van der Waals surface area (Å²) in [6.07, 6.45) is 1.99. The van der Waals surface area contributed by atoms with E-state index in [-0.39, 0.29) is 5.03 Å². The second-order valence-corrected chi connectivity index (χ2v) is 7.02. The molecule has 0 fully saturated rings. The molecular weight excluding hydrogens is 342 g/mol. The van der Waals surface area contributed by atoms with Crippen LogP contribution in [-0.2, 0) is 16.4 Å². The minimum atomic E-state index is -3.63. The van der Waals surface area contributed by atoms with Crippen LogP contribution in [0.1, 0.15) is 23.9 Å². The van der Waals surface area contributed by atoms with Gasteiger partial charge in [-0.2, -0.15) is 8.42 Å². The zero-order chi connectivity index (χ0) is 14.9. The van der Waals surface area contributed by atoms with Crippen molar-refractivity contribution in [1.82, 2.24) is 9.97 Å². The zero-order valence-electron chi connectivity index (χ0n) is 11.5. The van der Waals surface area contributed by atoms with E-state index in [0.29, 0.717) is 17.9 Å². The van der Waals surface area contributed by atoms with Gasteiger partial charge in [0.2, 0.25) is 0 Å². The maximum Gasteiger partial charge on any atom is 0.278 e. The first-order chi connectivity index (χ1) is 9.33. The number of hydrogen-bond donors (Lipinski definition) is 2. The summed E-state index contributed by atoms with van der Waals surface area (Å²) in [5, 5.41) is 0.0765. The number of H-pyrrole nitrogens is 1. The van der Waals surface area contributed by atoms with Crippen LogP contribution in [0.2, 0.25) is 0 Å². The second kappa shape index (κ2) is 5.57. The molecule has 0 amide bonds. The minimum Gasteiger partial charge on any atom is -0.332 e. The fourth-order valence-electron chi connectivity index (χ4n) is 1.87. The van der Waals surface area contributed by atoms with Crippen molar-refractivity contribution in [2.75, 3.05) is 4.72 Å². The van der Waals surface area contributed by atoms with E-state index in [0.717, 1.165) is 15.6 Å². The predicted molar refractivity (Wildman–Crippen MR) is 82.4 cm³/mol. The van der Waals surface area contributed by atoms with E-state index < -0.39 is 10.0 Å². The molecule has 7 heteroatoms. The summed E-state index contributed by atoms with van der Waals surface area (Å²) >= 11 is 3.46. The van der Waals surface area contributed by atoms with Crippen LogP contribution in [0.4, 0.5) is 5.69 Å². The predicted octanol–water partition coefficient (Wildman–Crippen LogP) is 3.15. The Hall–Kier alpha value is -1.34. The molecule has 2 aromatic rings. The third kappa shape index (κ3) is 3.04. The van der Waals surface area contributed by atoms with Crippen LogP contribution < -0.4 is 4.72 Å². The Kier molecular flexibility index (Phi) is 4.19. The number of hydrogen-bond acceptors (Lipinski definition) is 3. The van der Waals surface area contributed by atoms with E-state index in [2.05, 4.69) is 30.6 Å². The fourth-order valence-corrected chi connectivity index (χ4v) is 3.09. The smallest absolute Gasteiger partial charge is 0.278 e. The molecule has 20 heavy (non-hydrogen) atoms. The van der Waals surface area contributed by atoms with E-state index in [9.17, 15) is 8.42 Å². The highest BCUT2D eigenvalue weighted by Crippen LogP contribution is 2.26. The third-order valence-corrected chi connectivity index (χ3v) is 5.46. The number of aromatic nitrogens is 2. The van der Waals surface area contributed by atoms with Crippen LogP contribution in [0.25, 0.3) is 0 Å². The molecule has 1 aromatic heterocycles. The number of rotatable bonds is 4. The van der Waals surface area contributed by atoms with Gasteiger partial charge in [0.1, 0.15) is 5.82 Å². The first kappa shape index (κ1) is 15.1. The van der Waals surface area contributed by atoms with Crippen LogP contribution in [0, 0.1) is 13.8 Å². The minimum absolute atomic E-state index is 0.0765. The SMILES string of the molecule is CCc1ncc(S(=O)(=O)Nc2cc(C)c(Br)c(C)c2)[nH]1. The van der Waals surface area contributed by atoms with E-state index in [4.69, 9.17) is 0 Å². The maximum absolute atomic E-state index is 12.2. The van der Waals surface area contributed by atoms with E-state index in [1.165, 1.54) is 6.20 Å². The Labute approximate surface area is 127 Å². The molecule has 1 aromatic carbocycles. The summed E-state index contributed by atoms with van der Waals surface area (Å²) in [6.45, 7) is 5.74. The van der Waals surface area contributed by atoms with Crippen LogP contribution in [0.5, 0.6) is 0 Å². The molecule has 0 atom stereocenters. The summed E-state index contributed by atoms with van der Waals surface area (Å²) in [5.41, 5.74) is 2.49. The quantitative estimate of drug-likeness (QED) is 0.882. The highest BCUT2D eigenvalue weighted by molar-refractivity contribution is 9.10. The average Bonchev–Trinajstić information content (AvgIpc) is 2.85. The molecule has 0 radical (unpaired) electrons. The summed E-state index contributed by atoms with van der Waals surface area (Å²) in [7, 11) is -3.63. The molecule has 0 aliphatic rings. The van der Waals surface area contributed by atoms with Gasteiger partial charge >= 0.3 is 0 Å². The molecule has 0 bridgehead atoms. The van der Waals surface area contributed by atoms with Gasteiger partial charge in [0, 0.05) is 16.6 Å². The number of halogens is 1. The number of anilines is 1. The molecule has 0 unspecified atom stereocenters. The fraction of sp³-hybridized carbons (Fsp3) is 0.308. The highest BCUT2D eigenvalue weighted by atomic mass is 79.9. The van der Waals surface area contributed by atoms with Crippen LogP contribution in [0.3, 0.4) is 0 Å². The van der Waals surface area contributed by atoms with Gasteiger partial charge in [-0.25, -0.2) is 4.98 Å². The van der Waals surface area contributed by atoms with Crippen molar-refractivity contribution in [3.05, 3.63) is 39.8 Å². The Balaban J connectivity index is 2.33. The van der Waals surface area contributed by atoms with Crippen molar-refractivity contribution in [2.24, 2.45) is 0 Å². The maximum atomic E-state index is 12.2. The lowest BCUT2D eigenvalue weighted by Crippen LogP contribution is -2.13. The average molecular weight is 358 g/mol. The molecule has 108 valence electrons. The summed E-state index contributed by atoms with van der Waals surface area (Å²) in [6, 6.07) is 3.57. The Morgan fingerprint density at radius 2 is 1.90 bits per heavy atom. The standard InChI is InChI=1S/C13H16BrN3O2S/c1-4-11-15-7-12(16-11)20(18,19)17-10-5-8(2)13(14)9(3)6-10/h5-7,17H,4H2,1-3H3,(H,15,16). The first-order valence-electron chi connectivity index (χ1n) is 6.17. The number of nitrogens with one attached hydrogen (secondary N) is 2. The topological polar surface area (TPSA) is 74.8 Å². The lowest BCUT2D eigenvalue weighted by atomic mass is 10.1. The number of sulfonamides is 1. The monoisotopic (exact) mass is 357 g/mol. The van der Waals surface area contributed by atoms with Crippen LogP contribution in [-0.4, -0.2) is 18.4 Å². The molecular formula is C13H16BrN3O2S. The van der Waals surface area contributed by atoms with Gasteiger partial charge in [0.25, 0.3) is 10.0 Å². The third-order valence-electron chi connectivity index (χ3n) is 2.92. The van der Waals surface area contributed by atoms with Crippen molar-refractivity contribution >= 4 is 31.6 Å². The molecule has 0 saturated carbocycles. The highest BCUT2D eigenvalue weighted by Gasteiger charge is 2.17. The molecule has 0 aliphatic heterocycles. The molecule has 1 heterocycles. The van der Waals surface area contributed by atoms with Crippen molar-refractivity contribution in [1.29, 1.82) is 0 Å². The van der Waals surface area contributed by atoms with E-state index in [1.54, 1.807) is 12.1 Å². The van der Waals surface area contributed by atoms with Crippen molar-refractivity contribution < 1.29 is 8.42 Å². The van der Waals surface area contributed by atoms with Gasteiger partial charge in [-0.05, 0) is 37.1 Å². The second-order valence-electron chi connectivity index (χ2n) is 4.58. The number of nitrogens with zero attached hydrogens (tertiary/aromatic N) is 1. The molecule has 0 saturated heterocycles. The zero-order valence-corrected chi connectivity index (χ0v) is 13.9. The van der Waals surface area contributed by atoms with Gasteiger partial charge in [0.15, 0.2) is 5.03 Å². The van der Waals surface area contributed by atoms with E-state index in [1.807, 2.05) is 20.8 Å². The van der Waals surface area contributed by atoms with Gasteiger partial charge in [-0.1, -0.05) is 22.9 Å². The molecule has 2 N–H and O–H groups in total. The number of aryl methyl sites for hydroxylation is 3. The largest absolute Gasteiger partial charge is 0.332 e. The molecule has 5 nitrogen and oxygen atoms in total. The number of aromatic amines is 1. The molecule has 0 spiro atoms.